The summed E-state index contributed by atoms with van der Waals surface area (Å²) in [6, 6.07) is 8.32. The number of rotatable bonds is 4. The molecule has 2 rings (SSSR count). The second kappa shape index (κ2) is 6.73. The van der Waals surface area contributed by atoms with Gasteiger partial charge in [-0.05, 0) is 58.2 Å². The van der Waals surface area contributed by atoms with E-state index in [4.69, 9.17) is 34.3 Å². The second-order valence-electron chi connectivity index (χ2n) is 4.31. The van der Waals surface area contributed by atoms with Gasteiger partial charge in [0.25, 0.3) is 0 Å². The molecule has 21 heavy (non-hydrogen) atoms. The van der Waals surface area contributed by atoms with E-state index in [0.717, 1.165) is 12.0 Å². The Kier molecular flexibility index (Phi) is 5.19. The minimum atomic E-state index is -0.548. The monoisotopic (exact) mass is 387 g/mol. The van der Waals surface area contributed by atoms with Crippen molar-refractivity contribution in [2.24, 2.45) is 5.73 Å². The molecule has 0 bridgehead atoms. The van der Waals surface area contributed by atoms with Gasteiger partial charge in [0.05, 0.1) is 4.47 Å². The molecule has 0 saturated carbocycles. The molecular weight excluding hydrogens is 377 g/mol. The Balaban J connectivity index is 2.36. The van der Waals surface area contributed by atoms with Gasteiger partial charge in [0, 0.05) is 10.6 Å². The van der Waals surface area contributed by atoms with Crippen LogP contribution in [0.3, 0.4) is 0 Å². The van der Waals surface area contributed by atoms with Gasteiger partial charge >= 0.3 is 0 Å². The van der Waals surface area contributed by atoms with E-state index in [0.29, 0.717) is 16.3 Å². The predicted octanol–water partition coefficient (Wildman–Crippen LogP) is 5.23. The van der Waals surface area contributed by atoms with E-state index in [1.54, 1.807) is 24.3 Å². The lowest BCUT2D eigenvalue weighted by Crippen LogP contribution is -2.11. The molecular formula is C15H12BrClFNOS. The average Bonchev–Trinajstić information content (AvgIpc) is 2.45. The van der Waals surface area contributed by atoms with Crippen molar-refractivity contribution >= 4 is 44.7 Å². The molecule has 6 heteroatoms. The van der Waals surface area contributed by atoms with Gasteiger partial charge in [0.2, 0.25) is 0 Å². The highest BCUT2D eigenvalue weighted by Gasteiger charge is 2.15. The molecule has 0 aliphatic rings. The fourth-order valence-electron chi connectivity index (χ4n) is 1.81. The number of hydrogen-bond acceptors (Lipinski definition) is 2. The topological polar surface area (TPSA) is 35.2 Å². The maximum absolute atomic E-state index is 14.3. The SMILES string of the molecule is CCc1cc(Oc2ccc(C(N)=S)c(Br)c2F)ccc1Cl. The minimum absolute atomic E-state index is 0.0891. The smallest absolute Gasteiger partial charge is 0.180 e. The van der Waals surface area contributed by atoms with Crippen molar-refractivity contribution in [3.63, 3.8) is 0 Å². The highest BCUT2D eigenvalue weighted by molar-refractivity contribution is 9.10. The quantitative estimate of drug-likeness (QED) is 0.728. The van der Waals surface area contributed by atoms with Crippen LogP contribution in [0.4, 0.5) is 4.39 Å². The summed E-state index contributed by atoms with van der Waals surface area (Å²) in [5, 5.41) is 0.662. The van der Waals surface area contributed by atoms with Crippen LogP contribution in [0.15, 0.2) is 34.8 Å². The van der Waals surface area contributed by atoms with Crippen molar-refractivity contribution in [3.8, 4) is 11.5 Å². The second-order valence-corrected chi connectivity index (χ2v) is 5.95. The summed E-state index contributed by atoms with van der Waals surface area (Å²) in [7, 11) is 0. The predicted molar refractivity (Wildman–Crippen MR) is 90.9 cm³/mol. The maximum atomic E-state index is 14.3. The Labute approximate surface area is 141 Å². The third kappa shape index (κ3) is 3.54. The maximum Gasteiger partial charge on any atom is 0.180 e. The van der Waals surface area contributed by atoms with Crippen LogP contribution in [0.2, 0.25) is 5.02 Å². The first-order valence-corrected chi connectivity index (χ1v) is 7.76. The fraction of sp³-hybridized carbons (Fsp3) is 0.133. The summed E-state index contributed by atoms with van der Waals surface area (Å²) in [4.78, 5) is 0.118. The van der Waals surface area contributed by atoms with Gasteiger partial charge in [-0.15, -0.1) is 0 Å². The number of nitrogens with two attached hydrogens (primary N) is 1. The van der Waals surface area contributed by atoms with E-state index in [9.17, 15) is 4.39 Å². The zero-order valence-electron chi connectivity index (χ0n) is 11.1. The molecule has 2 N–H and O–H groups in total. The lowest BCUT2D eigenvalue weighted by molar-refractivity contribution is 0.440. The van der Waals surface area contributed by atoms with E-state index < -0.39 is 5.82 Å². The standard InChI is InChI=1S/C15H12BrClFNOS/c1-2-8-7-9(3-5-11(8)17)20-12-6-4-10(15(19)21)13(16)14(12)18/h3-7H,2H2,1H3,(H2,19,21). The van der Waals surface area contributed by atoms with Crippen LogP contribution in [0, 0.1) is 5.82 Å². The first kappa shape index (κ1) is 16.2. The first-order valence-electron chi connectivity index (χ1n) is 6.18. The zero-order chi connectivity index (χ0) is 15.6. The van der Waals surface area contributed by atoms with Crippen molar-refractivity contribution in [3.05, 3.63) is 56.8 Å². The Morgan fingerprint density at radius 3 is 2.71 bits per heavy atom. The van der Waals surface area contributed by atoms with Crippen molar-refractivity contribution in [1.82, 2.24) is 0 Å². The largest absolute Gasteiger partial charge is 0.454 e. The summed E-state index contributed by atoms with van der Waals surface area (Å²) in [6.07, 6.45) is 0.766. The third-order valence-electron chi connectivity index (χ3n) is 2.94. The molecule has 0 aliphatic carbocycles. The molecule has 2 nitrogen and oxygen atoms in total. The van der Waals surface area contributed by atoms with Crippen LogP contribution in [0.25, 0.3) is 0 Å². The van der Waals surface area contributed by atoms with Crippen molar-refractivity contribution in [2.45, 2.75) is 13.3 Å². The number of thiocarbonyl (C=S) groups is 1. The van der Waals surface area contributed by atoms with E-state index in [1.807, 2.05) is 6.92 Å². The summed E-state index contributed by atoms with van der Waals surface area (Å²) in [5.74, 6) is 0.0599. The number of halogens is 3. The fourth-order valence-corrected chi connectivity index (χ4v) is 2.91. The molecule has 0 fully saturated rings. The Morgan fingerprint density at radius 2 is 2.10 bits per heavy atom. The highest BCUT2D eigenvalue weighted by atomic mass is 79.9. The number of ether oxygens (including phenoxy) is 1. The molecule has 0 aliphatic heterocycles. The molecule has 0 saturated heterocycles. The molecule has 0 heterocycles. The van der Waals surface area contributed by atoms with Gasteiger partial charge in [-0.1, -0.05) is 30.7 Å². The van der Waals surface area contributed by atoms with E-state index >= 15 is 0 Å². The number of aryl methyl sites for hydroxylation is 1. The molecule has 2 aromatic carbocycles. The van der Waals surface area contributed by atoms with Crippen LogP contribution >= 0.6 is 39.7 Å². The Bertz CT molecular complexity index is 708. The molecule has 0 radical (unpaired) electrons. The normalized spacial score (nSPS) is 10.5. The lowest BCUT2D eigenvalue weighted by atomic mass is 10.1. The average molecular weight is 389 g/mol. The number of benzene rings is 2. The summed E-state index contributed by atoms with van der Waals surface area (Å²) < 4.78 is 20.0. The van der Waals surface area contributed by atoms with Crippen LogP contribution in [0.1, 0.15) is 18.1 Å². The van der Waals surface area contributed by atoms with E-state index in [2.05, 4.69) is 15.9 Å². The molecule has 0 amide bonds. The summed E-state index contributed by atoms with van der Waals surface area (Å²) >= 11 is 14.0. The van der Waals surface area contributed by atoms with Gasteiger partial charge in [0.15, 0.2) is 11.6 Å². The van der Waals surface area contributed by atoms with Gasteiger partial charge in [0.1, 0.15) is 10.7 Å². The summed E-state index contributed by atoms with van der Waals surface area (Å²) in [5.41, 5.74) is 6.89. The third-order valence-corrected chi connectivity index (χ3v) is 4.30. The number of hydrogen-bond donors (Lipinski definition) is 1. The van der Waals surface area contributed by atoms with Crippen LogP contribution in [-0.4, -0.2) is 4.99 Å². The molecule has 0 aromatic heterocycles. The van der Waals surface area contributed by atoms with Crippen LogP contribution in [-0.2, 0) is 6.42 Å². The van der Waals surface area contributed by atoms with Gasteiger partial charge < -0.3 is 10.5 Å². The van der Waals surface area contributed by atoms with Gasteiger partial charge in [-0.3, -0.25) is 0 Å². The first-order chi connectivity index (χ1) is 9.93. The molecule has 0 atom stereocenters. The minimum Gasteiger partial charge on any atom is -0.454 e. The Morgan fingerprint density at radius 1 is 1.38 bits per heavy atom. The van der Waals surface area contributed by atoms with Crippen molar-refractivity contribution < 1.29 is 9.13 Å². The van der Waals surface area contributed by atoms with Crippen LogP contribution < -0.4 is 10.5 Å². The van der Waals surface area contributed by atoms with Crippen molar-refractivity contribution in [1.29, 1.82) is 0 Å². The molecule has 2 aromatic rings. The Hall–Kier alpha value is -1.17. The molecule has 110 valence electrons. The summed E-state index contributed by atoms with van der Waals surface area (Å²) in [6.45, 7) is 1.99. The van der Waals surface area contributed by atoms with E-state index in [-0.39, 0.29) is 15.2 Å². The zero-order valence-corrected chi connectivity index (χ0v) is 14.3. The van der Waals surface area contributed by atoms with Gasteiger partial charge in [-0.25, -0.2) is 4.39 Å². The lowest BCUT2D eigenvalue weighted by Gasteiger charge is -2.11. The molecule has 0 spiro atoms. The molecule has 0 unspecified atom stereocenters. The highest BCUT2D eigenvalue weighted by Crippen LogP contribution is 2.33. The van der Waals surface area contributed by atoms with Crippen LogP contribution in [0.5, 0.6) is 11.5 Å². The van der Waals surface area contributed by atoms with E-state index in [1.165, 1.54) is 6.07 Å². The van der Waals surface area contributed by atoms with Crippen molar-refractivity contribution in [2.75, 3.05) is 0 Å². The van der Waals surface area contributed by atoms with Gasteiger partial charge in [-0.2, -0.15) is 0 Å².